The summed E-state index contributed by atoms with van der Waals surface area (Å²) in [6.45, 7) is 2.59. The van der Waals surface area contributed by atoms with Crippen LogP contribution in [-0.2, 0) is 15.8 Å². The highest BCUT2D eigenvalue weighted by Crippen LogP contribution is 2.34. The summed E-state index contributed by atoms with van der Waals surface area (Å²) in [6, 6.07) is 7.36. The average Bonchev–Trinajstić information content (AvgIpc) is 2.66. The topological polar surface area (TPSA) is 108 Å². The minimum absolute atomic E-state index is 0.0389. The van der Waals surface area contributed by atoms with Gasteiger partial charge < -0.3 is 21.1 Å². The maximum Gasteiger partial charge on any atom is 0.416 e. The van der Waals surface area contributed by atoms with E-state index in [0.717, 1.165) is 19.1 Å². The van der Waals surface area contributed by atoms with Crippen molar-refractivity contribution in [3.05, 3.63) is 74.9 Å². The molecule has 3 amide bonds. The fourth-order valence-corrected chi connectivity index (χ4v) is 3.45. The van der Waals surface area contributed by atoms with Crippen LogP contribution in [0.25, 0.3) is 0 Å². The Morgan fingerprint density at radius 1 is 1.12 bits per heavy atom. The third-order valence-electron chi connectivity index (χ3n) is 4.24. The molecule has 4 N–H and O–H groups in total. The number of anilines is 1. The van der Waals surface area contributed by atoms with Crippen molar-refractivity contribution >= 4 is 46.8 Å². The van der Waals surface area contributed by atoms with Crippen molar-refractivity contribution in [2.45, 2.75) is 26.1 Å². The number of carbonyl (C=O) groups is 3. The first-order chi connectivity index (χ1) is 15.3. The van der Waals surface area contributed by atoms with Gasteiger partial charge in [0.2, 0.25) is 0 Å². The summed E-state index contributed by atoms with van der Waals surface area (Å²) in [5.41, 5.74) is -0.170. The van der Waals surface area contributed by atoms with Crippen molar-refractivity contribution in [1.82, 2.24) is 10.6 Å². The number of benzene rings is 2. The van der Waals surface area contributed by atoms with Crippen LogP contribution in [0, 0.1) is 0 Å². The molecule has 0 saturated carbocycles. The van der Waals surface area contributed by atoms with Crippen molar-refractivity contribution in [1.29, 1.82) is 0 Å². The van der Waals surface area contributed by atoms with Crippen molar-refractivity contribution < 1.29 is 32.7 Å². The quantitative estimate of drug-likeness (QED) is 0.451. The zero-order valence-electron chi connectivity index (χ0n) is 17.2. The van der Waals surface area contributed by atoms with Gasteiger partial charge in [-0.1, -0.05) is 35.3 Å². The average molecular weight is 504 g/mol. The summed E-state index contributed by atoms with van der Waals surface area (Å²) in [6.07, 6.45) is -4.55. The Bertz CT molecular complexity index is 1120. The fourth-order valence-electron chi connectivity index (χ4n) is 2.94. The van der Waals surface area contributed by atoms with Crippen molar-refractivity contribution in [2.24, 2.45) is 0 Å². The highest BCUT2D eigenvalue weighted by atomic mass is 35.5. The van der Waals surface area contributed by atoms with Gasteiger partial charge in [0, 0.05) is 28.4 Å². The van der Waals surface area contributed by atoms with Gasteiger partial charge in [-0.15, -0.1) is 0 Å². The summed E-state index contributed by atoms with van der Waals surface area (Å²) in [5, 5.41) is 15.5. The molecular formula is C21H18Cl2F3N3O4. The maximum absolute atomic E-state index is 12.9. The number of urea groups is 1. The molecular weight excluding hydrogens is 486 g/mol. The van der Waals surface area contributed by atoms with Crippen LogP contribution in [0.2, 0.25) is 10.0 Å². The van der Waals surface area contributed by atoms with Crippen LogP contribution in [0.15, 0.2) is 53.7 Å². The van der Waals surface area contributed by atoms with Gasteiger partial charge in [-0.05, 0) is 42.8 Å². The molecule has 1 heterocycles. The van der Waals surface area contributed by atoms with Crippen LogP contribution in [0.4, 0.5) is 23.7 Å². The molecule has 0 aromatic heterocycles. The number of carboxylic acid groups (broad SMARTS) is 1. The molecule has 33 heavy (non-hydrogen) atoms. The highest BCUT2D eigenvalue weighted by molar-refractivity contribution is 6.35. The van der Waals surface area contributed by atoms with Crippen LogP contribution in [0.5, 0.6) is 0 Å². The van der Waals surface area contributed by atoms with E-state index in [4.69, 9.17) is 33.1 Å². The molecule has 1 unspecified atom stereocenters. The number of hydrogen-bond donors (Lipinski definition) is 4. The lowest BCUT2D eigenvalue weighted by Gasteiger charge is -2.29. The van der Waals surface area contributed by atoms with E-state index in [2.05, 4.69) is 16.0 Å². The zero-order chi connectivity index (χ0) is 24.9. The number of carboxylic acids is 1. The SMILES string of the molecule is CC(=O)O.CC1=C(C(=O)Nc2cccc(C(F)(F)F)c2)C(c2ccc(Cl)cc2Cl)NC(=O)N1. The van der Waals surface area contributed by atoms with Crippen LogP contribution < -0.4 is 16.0 Å². The van der Waals surface area contributed by atoms with Crippen molar-refractivity contribution in [3.63, 3.8) is 0 Å². The van der Waals surface area contributed by atoms with Crippen LogP contribution in [-0.4, -0.2) is 23.0 Å². The number of rotatable bonds is 3. The number of carbonyl (C=O) groups excluding carboxylic acids is 2. The van der Waals surface area contributed by atoms with Gasteiger partial charge >= 0.3 is 12.2 Å². The van der Waals surface area contributed by atoms with Crippen molar-refractivity contribution in [2.75, 3.05) is 5.32 Å². The third kappa shape index (κ3) is 7.13. The van der Waals surface area contributed by atoms with E-state index in [1.54, 1.807) is 12.1 Å². The van der Waals surface area contributed by atoms with Gasteiger partial charge in [0.05, 0.1) is 17.2 Å². The number of alkyl halides is 3. The van der Waals surface area contributed by atoms with E-state index in [0.29, 0.717) is 10.6 Å². The number of hydrogen-bond acceptors (Lipinski definition) is 3. The fraction of sp³-hybridized carbons (Fsp3) is 0.190. The maximum atomic E-state index is 12.9. The molecule has 3 rings (SSSR count). The molecule has 1 atom stereocenters. The van der Waals surface area contributed by atoms with E-state index in [1.807, 2.05) is 0 Å². The van der Waals surface area contributed by atoms with E-state index >= 15 is 0 Å². The molecule has 0 bridgehead atoms. The van der Waals surface area contributed by atoms with Gasteiger partial charge in [-0.3, -0.25) is 9.59 Å². The summed E-state index contributed by atoms with van der Waals surface area (Å²) in [5.74, 6) is -1.52. The first-order valence-electron chi connectivity index (χ1n) is 9.21. The Hall–Kier alpha value is -3.24. The lowest BCUT2D eigenvalue weighted by Crippen LogP contribution is -2.46. The Kier molecular flexibility index (Phi) is 8.34. The summed E-state index contributed by atoms with van der Waals surface area (Å²) in [4.78, 5) is 33.8. The molecule has 176 valence electrons. The van der Waals surface area contributed by atoms with E-state index in [1.165, 1.54) is 25.1 Å². The summed E-state index contributed by atoms with van der Waals surface area (Å²) < 4.78 is 38.8. The third-order valence-corrected chi connectivity index (χ3v) is 4.80. The largest absolute Gasteiger partial charge is 0.481 e. The molecule has 0 fully saturated rings. The standard InChI is InChI=1S/C19H14Cl2F3N3O2.C2H4O2/c1-9-15(17(28)26-12-4-2-3-10(7-12)19(22,23)24)16(27-18(29)25-9)13-6-5-11(20)8-14(13)21;1-2(3)4/h2-8,16H,1H3,(H,26,28)(H2,25,27,29);1H3,(H,3,4). The second kappa shape index (κ2) is 10.6. The lowest BCUT2D eigenvalue weighted by molar-refractivity contribution is -0.137. The molecule has 1 aliphatic rings. The van der Waals surface area contributed by atoms with E-state index in [-0.39, 0.29) is 22.0 Å². The Labute approximate surface area is 196 Å². The molecule has 12 heteroatoms. The Balaban J connectivity index is 0.000000890. The normalized spacial score (nSPS) is 15.6. The van der Waals surface area contributed by atoms with Gasteiger partial charge in [-0.2, -0.15) is 13.2 Å². The number of amides is 3. The molecule has 0 saturated heterocycles. The lowest BCUT2D eigenvalue weighted by atomic mass is 9.94. The number of aliphatic carboxylic acids is 1. The molecule has 2 aromatic carbocycles. The first kappa shape index (κ1) is 26.0. The van der Waals surface area contributed by atoms with E-state index < -0.39 is 35.7 Å². The molecule has 1 aliphatic heterocycles. The molecule has 0 spiro atoms. The van der Waals surface area contributed by atoms with Gasteiger partial charge in [0.15, 0.2) is 0 Å². The predicted molar refractivity (Wildman–Crippen MR) is 117 cm³/mol. The number of nitrogens with one attached hydrogen (secondary N) is 3. The summed E-state index contributed by atoms with van der Waals surface area (Å²) in [7, 11) is 0. The second-order valence-corrected chi connectivity index (χ2v) is 7.63. The molecule has 7 nitrogen and oxygen atoms in total. The predicted octanol–water partition coefficient (Wildman–Crippen LogP) is 5.37. The van der Waals surface area contributed by atoms with Gasteiger partial charge in [0.25, 0.3) is 11.9 Å². The highest BCUT2D eigenvalue weighted by Gasteiger charge is 2.33. The van der Waals surface area contributed by atoms with Gasteiger partial charge in [-0.25, -0.2) is 4.79 Å². The molecule has 2 aromatic rings. The minimum atomic E-state index is -4.55. The van der Waals surface area contributed by atoms with Crippen LogP contribution >= 0.6 is 23.2 Å². The monoisotopic (exact) mass is 503 g/mol. The van der Waals surface area contributed by atoms with E-state index in [9.17, 15) is 22.8 Å². The number of allylic oxidation sites excluding steroid dienone is 1. The molecule has 0 radical (unpaired) electrons. The number of halogens is 5. The van der Waals surface area contributed by atoms with Gasteiger partial charge in [0.1, 0.15) is 0 Å². The van der Waals surface area contributed by atoms with Crippen LogP contribution in [0.3, 0.4) is 0 Å². The summed E-state index contributed by atoms with van der Waals surface area (Å²) >= 11 is 12.1. The zero-order valence-corrected chi connectivity index (χ0v) is 18.7. The Morgan fingerprint density at radius 3 is 2.33 bits per heavy atom. The molecule has 0 aliphatic carbocycles. The Morgan fingerprint density at radius 2 is 1.76 bits per heavy atom. The van der Waals surface area contributed by atoms with Crippen molar-refractivity contribution in [3.8, 4) is 0 Å². The first-order valence-corrected chi connectivity index (χ1v) is 9.96. The minimum Gasteiger partial charge on any atom is -0.481 e. The second-order valence-electron chi connectivity index (χ2n) is 6.79. The van der Waals surface area contributed by atoms with Crippen LogP contribution in [0.1, 0.15) is 31.0 Å². The smallest absolute Gasteiger partial charge is 0.416 e.